The quantitative estimate of drug-likeness (QED) is 0.872. The van der Waals surface area contributed by atoms with Crippen molar-refractivity contribution in [1.29, 1.82) is 0 Å². The number of rotatable bonds is 4. The van der Waals surface area contributed by atoms with Gasteiger partial charge in [0, 0.05) is 11.6 Å². The van der Waals surface area contributed by atoms with E-state index in [1.54, 1.807) is 18.2 Å². The van der Waals surface area contributed by atoms with Crippen molar-refractivity contribution in [3.05, 3.63) is 23.2 Å². The molecular weight excluding hydrogens is 340 g/mol. The summed E-state index contributed by atoms with van der Waals surface area (Å²) in [4.78, 5) is 14.1. The zero-order valence-corrected chi connectivity index (χ0v) is 14.2. The van der Waals surface area contributed by atoms with Gasteiger partial charge in [0.1, 0.15) is 12.4 Å². The summed E-state index contributed by atoms with van der Waals surface area (Å²) in [6.45, 7) is 1.74. The number of nitrogens with zero attached hydrogens (tertiary/aromatic N) is 1. The summed E-state index contributed by atoms with van der Waals surface area (Å²) in [6.07, 6.45) is 0.624. The highest BCUT2D eigenvalue weighted by Gasteiger charge is 2.28. The van der Waals surface area contributed by atoms with Gasteiger partial charge in [0.15, 0.2) is 9.84 Å². The lowest BCUT2D eigenvalue weighted by Crippen LogP contribution is -2.42. The molecule has 1 aromatic rings. The Morgan fingerprint density at radius 3 is 3.00 bits per heavy atom. The molecule has 1 amide bonds. The van der Waals surface area contributed by atoms with Crippen LogP contribution >= 0.6 is 11.6 Å². The molecule has 0 bridgehead atoms. The van der Waals surface area contributed by atoms with Crippen LogP contribution in [-0.4, -0.2) is 52.1 Å². The van der Waals surface area contributed by atoms with Crippen LogP contribution in [0.25, 0.3) is 0 Å². The predicted octanol–water partition coefficient (Wildman–Crippen LogP) is 1.09. The molecule has 2 heterocycles. The number of nitrogens with one attached hydrogen (secondary N) is 1. The van der Waals surface area contributed by atoms with E-state index in [9.17, 15) is 13.2 Å². The van der Waals surface area contributed by atoms with Crippen LogP contribution in [0.5, 0.6) is 5.75 Å². The van der Waals surface area contributed by atoms with E-state index in [2.05, 4.69) is 5.32 Å². The van der Waals surface area contributed by atoms with Gasteiger partial charge in [0.25, 0.3) is 0 Å². The summed E-state index contributed by atoms with van der Waals surface area (Å²) in [6, 6.07) is 5.34. The van der Waals surface area contributed by atoms with Crippen LogP contribution in [0.2, 0.25) is 5.02 Å². The number of hydrogen-bond donors (Lipinski definition) is 1. The minimum atomic E-state index is -2.91. The van der Waals surface area contributed by atoms with Gasteiger partial charge in [-0.25, -0.2) is 8.42 Å². The fourth-order valence-corrected chi connectivity index (χ4v) is 4.96. The molecular formula is C15H19ClN2O4S. The molecule has 23 heavy (non-hydrogen) atoms. The Bertz CT molecular complexity index is 707. The van der Waals surface area contributed by atoms with Gasteiger partial charge in [-0.1, -0.05) is 11.6 Å². The Hall–Kier alpha value is -1.47. The molecule has 0 radical (unpaired) electrons. The molecule has 1 aromatic carbocycles. The van der Waals surface area contributed by atoms with Crippen LogP contribution in [0, 0.1) is 5.92 Å². The summed E-state index contributed by atoms with van der Waals surface area (Å²) < 4.78 is 28.4. The van der Waals surface area contributed by atoms with E-state index in [1.807, 2.05) is 4.90 Å². The molecule has 1 atom stereocenters. The Morgan fingerprint density at radius 2 is 2.26 bits per heavy atom. The maximum Gasteiger partial charge on any atom is 0.239 e. The van der Waals surface area contributed by atoms with E-state index in [0.717, 1.165) is 11.4 Å². The number of ether oxygens (including phenoxy) is 1. The van der Waals surface area contributed by atoms with Crippen molar-refractivity contribution in [2.75, 3.05) is 42.6 Å². The van der Waals surface area contributed by atoms with E-state index in [4.69, 9.17) is 16.3 Å². The third-order valence-electron chi connectivity index (χ3n) is 4.13. The number of amides is 1. The first-order valence-corrected chi connectivity index (χ1v) is 9.77. The highest BCUT2D eigenvalue weighted by atomic mass is 35.5. The average molecular weight is 359 g/mol. The van der Waals surface area contributed by atoms with Crippen molar-refractivity contribution >= 4 is 33.0 Å². The molecule has 126 valence electrons. The maximum absolute atomic E-state index is 12.1. The van der Waals surface area contributed by atoms with Gasteiger partial charge in [-0.05, 0) is 30.5 Å². The van der Waals surface area contributed by atoms with Gasteiger partial charge >= 0.3 is 0 Å². The van der Waals surface area contributed by atoms with Crippen LogP contribution in [0.1, 0.15) is 6.42 Å². The highest BCUT2D eigenvalue weighted by molar-refractivity contribution is 7.91. The van der Waals surface area contributed by atoms with Crippen LogP contribution in [0.3, 0.4) is 0 Å². The minimum absolute atomic E-state index is 0.0235. The lowest BCUT2D eigenvalue weighted by Gasteiger charge is -2.30. The lowest BCUT2D eigenvalue weighted by atomic mass is 10.1. The number of benzene rings is 1. The topological polar surface area (TPSA) is 75.7 Å². The fraction of sp³-hybridized carbons (Fsp3) is 0.533. The first-order valence-electron chi connectivity index (χ1n) is 7.57. The van der Waals surface area contributed by atoms with Crippen LogP contribution in [0.4, 0.5) is 5.69 Å². The van der Waals surface area contributed by atoms with Crippen molar-refractivity contribution in [3.8, 4) is 5.75 Å². The zero-order chi connectivity index (χ0) is 16.4. The summed E-state index contributed by atoms with van der Waals surface area (Å²) in [5, 5.41) is 3.43. The average Bonchev–Trinajstić information content (AvgIpc) is 2.85. The smallest absolute Gasteiger partial charge is 0.239 e. The van der Waals surface area contributed by atoms with Crippen molar-refractivity contribution < 1.29 is 17.9 Å². The van der Waals surface area contributed by atoms with Crippen molar-refractivity contribution in [1.82, 2.24) is 5.32 Å². The normalized spacial score (nSPS) is 22.3. The number of fused-ring (bicyclic) bond motifs is 1. The van der Waals surface area contributed by atoms with Crippen LogP contribution in [0.15, 0.2) is 18.2 Å². The number of carbonyl (C=O) groups excluding carboxylic acids is 1. The second-order valence-electron chi connectivity index (χ2n) is 5.96. The molecule has 0 unspecified atom stereocenters. The van der Waals surface area contributed by atoms with Gasteiger partial charge in [0.2, 0.25) is 5.91 Å². The van der Waals surface area contributed by atoms with E-state index < -0.39 is 9.84 Å². The number of sulfone groups is 1. The molecule has 0 aliphatic carbocycles. The molecule has 2 aliphatic heterocycles. The van der Waals surface area contributed by atoms with E-state index in [0.29, 0.717) is 31.1 Å². The van der Waals surface area contributed by atoms with Gasteiger partial charge in [-0.15, -0.1) is 0 Å². The monoisotopic (exact) mass is 358 g/mol. The lowest BCUT2D eigenvalue weighted by molar-refractivity contribution is -0.119. The van der Waals surface area contributed by atoms with Crippen LogP contribution < -0.4 is 15.0 Å². The number of halogens is 1. The zero-order valence-electron chi connectivity index (χ0n) is 12.6. The number of anilines is 1. The summed E-state index contributed by atoms with van der Waals surface area (Å²) >= 11 is 6.01. The predicted molar refractivity (Wildman–Crippen MR) is 88.9 cm³/mol. The Balaban J connectivity index is 1.56. The fourth-order valence-electron chi connectivity index (χ4n) is 2.93. The summed E-state index contributed by atoms with van der Waals surface area (Å²) in [5.74, 6) is 1.01. The molecule has 0 saturated carbocycles. The molecule has 1 saturated heterocycles. The van der Waals surface area contributed by atoms with E-state index in [-0.39, 0.29) is 29.9 Å². The maximum atomic E-state index is 12.1. The second kappa shape index (κ2) is 6.57. The van der Waals surface area contributed by atoms with Crippen molar-refractivity contribution in [2.45, 2.75) is 6.42 Å². The van der Waals surface area contributed by atoms with Crippen molar-refractivity contribution in [2.24, 2.45) is 5.92 Å². The second-order valence-corrected chi connectivity index (χ2v) is 8.62. The molecule has 3 rings (SSSR count). The number of carbonyl (C=O) groups is 1. The first-order chi connectivity index (χ1) is 10.9. The SMILES string of the molecule is O=C(CN1CCOc2ccc(Cl)cc21)NC[C@@H]1CCS(=O)(=O)C1. The molecule has 1 N–H and O–H groups in total. The van der Waals surface area contributed by atoms with Gasteiger partial charge in [-0.2, -0.15) is 0 Å². The first kappa shape index (κ1) is 16.4. The molecule has 0 spiro atoms. The van der Waals surface area contributed by atoms with Crippen molar-refractivity contribution in [3.63, 3.8) is 0 Å². The molecule has 1 fully saturated rings. The van der Waals surface area contributed by atoms with E-state index in [1.165, 1.54) is 0 Å². The minimum Gasteiger partial charge on any atom is -0.490 e. The Morgan fingerprint density at radius 1 is 1.43 bits per heavy atom. The molecule has 6 nitrogen and oxygen atoms in total. The summed E-state index contributed by atoms with van der Waals surface area (Å²) in [7, 11) is -2.91. The third kappa shape index (κ3) is 4.09. The van der Waals surface area contributed by atoms with Gasteiger partial charge in [0.05, 0.1) is 30.3 Å². The van der Waals surface area contributed by atoms with E-state index >= 15 is 0 Å². The molecule has 0 aromatic heterocycles. The Labute approximate surface area is 140 Å². The third-order valence-corrected chi connectivity index (χ3v) is 6.20. The molecule has 8 heteroatoms. The van der Waals surface area contributed by atoms with Crippen LogP contribution in [-0.2, 0) is 14.6 Å². The summed E-state index contributed by atoms with van der Waals surface area (Å²) in [5.41, 5.74) is 0.808. The van der Waals surface area contributed by atoms with Gasteiger partial charge < -0.3 is 15.0 Å². The standard InChI is InChI=1S/C15H19ClN2O4S/c16-12-1-2-14-13(7-12)18(4-5-22-14)9-15(19)17-8-11-3-6-23(20,21)10-11/h1-2,7,11H,3-6,8-10H2,(H,17,19)/t11-/m0/s1. The van der Waals surface area contributed by atoms with Gasteiger partial charge in [-0.3, -0.25) is 4.79 Å². The molecule has 2 aliphatic rings. The number of hydrogen-bond acceptors (Lipinski definition) is 5. The largest absolute Gasteiger partial charge is 0.490 e. The Kier molecular flexibility index (Phi) is 4.68. The highest BCUT2D eigenvalue weighted by Crippen LogP contribution is 2.33.